The van der Waals surface area contributed by atoms with Crippen LogP contribution in [-0.4, -0.2) is 47.3 Å². The molecule has 2 aromatic carbocycles. The molecule has 5 rings (SSSR count). The highest BCUT2D eigenvalue weighted by molar-refractivity contribution is 7.89. The summed E-state index contributed by atoms with van der Waals surface area (Å²) >= 11 is 1.03. The predicted molar refractivity (Wildman–Crippen MR) is 114 cm³/mol. The Hall–Kier alpha value is -2.07. The van der Waals surface area contributed by atoms with Crippen LogP contribution in [0.15, 0.2) is 47.4 Å². The van der Waals surface area contributed by atoms with E-state index >= 15 is 0 Å². The Balaban J connectivity index is 1.38. The molecule has 1 saturated carbocycles. The van der Waals surface area contributed by atoms with Crippen molar-refractivity contribution in [1.29, 1.82) is 0 Å². The fourth-order valence-electron chi connectivity index (χ4n) is 3.73. The Labute approximate surface area is 180 Å². The van der Waals surface area contributed by atoms with Gasteiger partial charge in [0, 0.05) is 25.1 Å². The monoisotopic (exact) mass is 445 g/mol. The molecular formula is C21H23N3O4S2. The first kappa shape index (κ1) is 19.9. The highest BCUT2D eigenvalue weighted by Gasteiger charge is 2.39. The third-order valence-corrected chi connectivity index (χ3v) is 8.01. The molecule has 1 aromatic heterocycles. The summed E-state index contributed by atoms with van der Waals surface area (Å²) in [5.74, 6) is 1.18. The van der Waals surface area contributed by atoms with Gasteiger partial charge in [-0.05, 0) is 49.1 Å². The largest absolute Gasteiger partial charge is 0.493 e. The molecule has 1 saturated heterocycles. The topological polar surface area (TPSA) is 81.6 Å². The lowest BCUT2D eigenvalue weighted by Crippen LogP contribution is -2.32. The lowest BCUT2D eigenvalue weighted by atomic mass is 10.1. The second-order valence-electron chi connectivity index (χ2n) is 7.86. The summed E-state index contributed by atoms with van der Waals surface area (Å²) in [5, 5.41) is 0. The second kappa shape index (κ2) is 8.22. The van der Waals surface area contributed by atoms with Gasteiger partial charge < -0.3 is 9.47 Å². The zero-order valence-electron chi connectivity index (χ0n) is 16.4. The molecular weight excluding hydrogens is 422 g/mol. The number of hydrogen-bond acceptors (Lipinski definition) is 7. The van der Waals surface area contributed by atoms with Crippen LogP contribution >= 0.6 is 11.7 Å². The van der Waals surface area contributed by atoms with Crippen LogP contribution in [0.1, 0.15) is 24.8 Å². The van der Waals surface area contributed by atoms with E-state index in [9.17, 15) is 8.42 Å². The minimum Gasteiger partial charge on any atom is -0.493 e. The first-order chi connectivity index (χ1) is 14.6. The molecule has 3 aromatic rings. The third kappa shape index (κ3) is 4.07. The van der Waals surface area contributed by atoms with Crippen molar-refractivity contribution in [1.82, 2.24) is 13.1 Å². The molecule has 0 N–H and O–H groups in total. The van der Waals surface area contributed by atoms with Crippen LogP contribution in [0.5, 0.6) is 5.75 Å². The van der Waals surface area contributed by atoms with Gasteiger partial charge in [-0.1, -0.05) is 18.2 Å². The number of nitrogens with zero attached hydrogens (tertiary/aromatic N) is 3. The summed E-state index contributed by atoms with van der Waals surface area (Å²) in [6, 6.07) is 12.9. The number of benzene rings is 2. The SMILES string of the molecule is O=S(=O)(c1cccc2nsnc12)N(Cc1cccc(OCC2CCOC2)c1)C1CC1. The molecule has 30 heavy (non-hydrogen) atoms. The summed E-state index contributed by atoms with van der Waals surface area (Å²) in [5.41, 5.74) is 1.97. The molecule has 1 aliphatic heterocycles. The predicted octanol–water partition coefficient (Wildman–Crippen LogP) is 3.46. The standard InChI is InChI=1S/C21H23N3O4S2/c25-30(26,20-6-2-5-19-21(20)23-29-22-19)24(17-7-8-17)12-15-3-1-4-18(11-15)28-14-16-9-10-27-13-16/h1-6,11,16-17H,7-10,12-14H2. The Kier molecular flexibility index (Phi) is 5.44. The molecule has 0 bridgehead atoms. The van der Waals surface area contributed by atoms with Crippen molar-refractivity contribution in [3.05, 3.63) is 48.0 Å². The summed E-state index contributed by atoms with van der Waals surface area (Å²) in [7, 11) is -3.69. The normalized spacial score (nSPS) is 19.6. The van der Waals surface area contributed by atoms with Crippen LogP contribution in [0.25, 0.3) is 11.0 Å². The quantitative estimate of drug-likeness (QED) is 0.528. The maximum atomic E-state index is 13.5. The molecule has 9 heteroatoms. The Morgan fingerprint density at radius 1 is 1.13 bits per heavy atom. The van der Waals surface area contributed by atoms with Gasteiger partial charge in [-0.3, -0.25) is 0 Å². The van der Waals surface area contributed by atoms with E-state index in [0.29, 0.717) is 30.1 Å². The Morgan fingerprint density at radius 2 is 2.00 bits per heavy atom. The Bertz CT molecular complexity index is 1140. The number of hydrogen-bond donors (Lipinski definition) is 0. The molecule has 2 heterocycles. The summed E-state index contributed by atoms with van der Waals surface area (Å²) in [6.45, 7) is 2.46. The minimum atomic E-state index is -3.69. The number of ether oxygens (including phenoxy) is 2. The van der Waals surface area contributed by atoms with Crippen LogP contribution in [0.3, 0.4) is 0 Å². The second-order valence-corrected chi connectivity index (χ2v) is 10.2. The van der Waals surface area contributed by atoms with E-state index in [-0.39, 0.29) is 10.9 Å². The number of aromatic nitrogens is 2. The summed E-state index contributed by atoms with van der Waals surface area (Å²) in [4.78, 5) is 0.231. The maximum Gasteiger partial charge on any atom is 0.245 e. The smallest absolute Gasteiger partial charge is 0.245 e. The van der Waals surface area contributed by atoms with Crippen LogP contribution in [0, 0.1) is 5.92 Å². The van der Waals surface area contributed by atoms with E-state index in [2.05, 4.69) is 8.75 Å². The highest BCUT2D eigenvalue weighted by Crippen LogP contribution is 2.35. The fraction of sp³-hybridized carbons (Fsp3) is 0.429. The van der Waals surface area contributed by atoms with E-state index in [0.717, 1.165) is 55.5 Å². The van der Waals surface area contributed by atoms with Crippen molar-refractivity contribution in [3.8, 4) is 5.75 Å². The molecule has 1 unspecified atom stereocenters. The minimum absolute atomic E-state index is 0.0251. The zero-order chi connectivity index (χ0) is 20.6. The molecule has 0 amide bonds. The van der Waals surface area contributed by atoms with E-state index in [1.807, 2.05) is 24.3 Å². The molecule has 2 fully saturated rings. The van der Waals surface area contributed by atoms with Crippen molar-refractivity contribution in [3.63, 3.8) is 0 Å². The molecule has 0 spiro atoms. The summed E-state index contributed by atoms with van der Waals surface area (Å²) in [6.07, 6.45) is 2.77. The Morgan fingerprint density at radius 3 is 2.80 bits per heavy atom. The van der Waals surface area contributed by atoms with Gasteiger partial charge in [0.2, 0.25) is 10.0 Å². The van der Waals surface area contributed by atoms with Gasteiger partial charge in [0.1, 0.15) is 21.7 Å². The lowest BCUT2D eigenvalue weighted by Gasteiger charge is -2.22. The van der Waals surface area contributed by atoms with E-state index in [1.165, 1.54) is 0 Å². The maximum absolute atomic E-state index is 13.5. The first-order valence-corrected chi connectivity index (χ1v) is 12.3. The van der Waals surface area contributed by atoms with Crippen molar-refractivity contribution in [2.45, 2.75) is 36.7 Å². The lowest BCUT2D eigenvalue weighted by molar-refractivity contribution is 0.167. The van der Waals surface area contributed by atoms with Crippen molar-refractivity contribution in [2.24, 2.45) is 5.92 Å². The van der Waals surface area contributed by atoms with Crippen LogP contribution in [0.2, 0.25) is 0 Å². The number of sulfonamides is 1. The van der Waals surface area contributed by atoms with Gasteiger partial charge in [0.05, 0.1) is 24.9 Å². The molecule has 0 radical (unpaired) electrons. The van der Waals surface area contributed by atoms with Gasteiger partial charge >= 0.3 is 0 Å². The van der Waals surface area contributed by atoms with Crippen molar-refractivity contribution >= 4 is 32.8 Å². The van der Waals surface area contributed by atoms with Crippen LogP contribution < -0.4 is 4.74 Å². The first-order valence-electron chi connectivity index (χ1n) is 10.1. The zero-order valence-corrected chi connectivity index (χ0v) is 18.1. The highest BCUT2D eigenvalue weighted by atomic mass is 32.2. The molecule has 158 valence electrons. The average molecular weight is 446 g/mol. The van der Waals surface area contributed by atoms with Gasteiger partial charge in [-0.2, -0.15) is 13.1 Å². The summed E-state index contributed by atoms with van der Waals surface area (Å²) < 4.78 is 48.4. The number of fused-ring (bicyclic) bond motifs is 1. The fourth-order valence-corrected chi connectivity index (χ4v) is 6.16. The molecule has 7 nitrogen and oxygen atoms in total. The van der Waals surface area contributed by atoms with Crippen molar-refractivity contribution in [2.75, 3.05) is 19.8 Å². The van der Waals surface area contributed by atoms with Gasteiger partial charge in [-0.15, -0.1) is 0 Å². The molecule has 1 aliphatic carbocycles. The molecule has 1 atom stereocenters. The van der Waals surface area contributed by atoms with Crippen LogP contribution in [-0.2, 0) is 21.3 Å². The third-order valence-electron chi connectivity index (χ3n) is 5.54. The molecule has 2 aliphatic rings. The van der Waals surface area contributed by atoms with E-state index in [4.69, 9.17) is 9.47 Å². The average Bonchev–Trinajstić information content (AvgIpc) is 3.24. The van der Waals surface area contributed by atoms with E-state index in [1.54, 1.807) is 22.5 Å². The number of rotatable bonds is 8. The van der Waals surface area contributed by atoms with E-state index < -0.39 is 10.0 Å². The van der Waals surface area contributed by atoms with Crippen molar-refractivity contribution < 1.29 is 17.9 Å². The van der Waals surface area contributed by atoms with Crippen LogP contribution in [0.4, 0.5) is 0 Å². The van der Waals surface area contributed by atoms with Gasteiger partial charge in [0.15, 0.2) is 0 Å². The van der Waals surface area contributed by atoms with Gasteiger partial charge in [-0.25, -0.2) is 8.42 Å². The van der Waals surface area contributed by atoms with Gasteiger partial charge in [0.25, 0.3) is 0 Å².